The van der Waals surface area contributed by atoms with Gasteiger partial charge in [0, 0.05) is 32.7 Å². The summed E-state index contributed by atoms with van der Waals surface area (Å²) in [7, 11) is 0. The van der Waals surface area contributed by atoms with E-state index in [9.17, 15) is 4.79 Å². The molecule has 1 fully saturated rings. The van der Waals surface area contributed by atoms with Crippen LogP contribution < -0.4 is 0 Å². The van der Waals surface area contributed by atoms with E-state index >= 15 is 0 Å². The molecule has 4 heteroatoms. The highest BCUT2D eigenvalue weighted by molar-refractivity contribution is 5.65. The smallest absolute Gasteiger partial charge is 0.407 e. The van der Waals surface area contributed by atoms with E-state index in [1.807, 2.05) is 6.07 Å². The molecule has 2 aromatic rings. The van der Waals surface area contributed by atoms with Crippen LogP contribution in [0.3, 0.4) is 0 Å². The minimum Gasteiger partial charge on any atom is -0.465 e. The Morgan fingerprint density at radius 3 is 2.09 bits per heavy atom. The largest absolute Gasteiger partial charge is 0.465 e. The summed E-state index contributed by atoms with van der Waals surface area (Å²) in [4.78, 5) is 14.7. The SMILES string of the molecule is O=C(O)N1CCN(CCc2ccc(-c3ccccc3)cc2)CC1. The standard InChI is InChI=1S/C19H22N2O2/c22-19(23)21-14-12-20(13-15-21)11-10-16-6-8-18(9-7-16)17-4-2-1-3-5-17/h1-9H,10-15H2,(H,22,23). The van der Waals surface area contributed by atoms with Crippen LogP contribution in [0.2, 0.25) is 0 Å². The number of piperazine rings is 1. The van der Waals surface area contributed by atoms with Gasteiger partial charge in [-0.1, -0.05) is 54.6 Å². The maximum atomic E-state index is 10.9. The molecule has 0 saturated carbocycles. The number of hydrogen-bond donors (Lipinski definition) is 1. The second kappa shape index (κ2) is 7.29. The minimum absolute atomic E-state index is 0.613. The van der Waals surface area contributed by atoms with Crippen molar-refractivity contribution in [2.45, 2.75) is 6.42 Å². The Hall–Kier alpha value is -2.33. The Morgan fingerprint density at radius 2 is 1.48 bits per heavy atom. The molecule has 0 radical (unpaired) electrons. The zero-order valence-corrected chi connectivity index (χ0v) is 13.2. The van der Waals surface area contributed by atoms with Gasteiger partial charge in [-0.3, -0.25) is 4.90 Å². The van der Waals surface area contributed by atoms with Gasteiger partial charge in [-0.15, -0.1) is 0 Å². The van der Waals surface area contributed by atoms with Crippen LogP contribution in [-0.4, -0.2) is 53.7 Å². The lowest BCUT2D eigenvalue weighted by atomic mass is 10.0. The highest BCUT2D eigenvalue weighted by Crippen LogP contribution is 2.19. The predicted molar refractivity (Wildman–Crippen MR) is 91.6 cm³/mol. The molecule has 1 heterocycles. The fourth-order valence-corrected chi connectivity index (χ4v) is 2.94. The molecule has 0 spiro atoms. The molecule has 23 heavy (non-hydrogen) atoms. The van der Waals surface area contributed by atoms with E-state index in [1.54, 1.807) is 0 Å². The molecule has 2 aromatic carbocycles. The van der Waals surface area contributed by atoms with Crippen molar-refractivity contribution >= 4 is 6.09 Å². The maximum absolute atomic E-state index is 10.9. The normalized spacial score (nSPS) is 15.6. The van der Waals surface area contributed by atoms with Crippen LogP contribution in [0.4, 0.5) is 4.79 Å². The minimum atomic E-state index is -0.804. The zero-order valence-electron chi connectivity index (χ0n) is 13.2. The van der Waals surface area contributed by atoms with E-state index in [0.29, 0.717) is 13.1 Å². The van der Waals surface area contributed by atoms with Crippen molar-refractivity contribution in [2.75, 3.05) is 32.7 Å². The molecular weight excluding hydrogens is 288 g/mol. The third-order valence-electron chi connectivity index (χ3n) is 4.42. The zero-order chi connectivity index (χ0) is 16.1. The van der Waals surface area contributed by atoms with Crippen molar-refractivity contribution in [1.82, 2.24) is 9.80 Å². The van der Waals surface area contributed by atoms with Crippen molar-refractivity contribution in [1.29, 1.82) is 0 Å². The number of nitrogens with zero attached hydrogens (tertiary/aromatic N) is 2. The van der Waals surface area contributed by atoms with Crippen LogP contribution in [0.1, 0.15) is 5.56 Å². The fourth-order valence-electron chi connectivity index (χ4n) is 2.94. The molecule has 1 aliphatic rings. The van der Waals surface area contributed by atoms with Crippen LogP contribution in [0.25, 0.3) is 11.1 Å². The van der Waals surface area contributed by atoms with Crippen molar-refractivity contribution in [2.24, 2.45) is 0 Å². The summed E-state index contributed by atoms with van der Waals surface area (Å²) < 4.78 is 0. The average molecular weight is 310 g/mol. The number of benzene rings is 2. The van der Waals surface area contributed by atoms with Gasteiger partial charge in [0.15, 0.2) is 0 Å². The summed E-state index contributed by atoms with van der Waals surface area (Å²) in [6.45, 7) is 3.87. The Bertz CT molecular complexity index is 632. The summed E-state index contributed by atoms with van der Waals surface area (Å²) in [6.07, 6.45) is 0.198. The van der Waals surface area contributed by atoms with Gasteiger partial charge < -0.3 is 10.0 Å². The topological polar surface area (TPSA) is 43.8 Å². The summed E-state index contributed by atoms with van der Waals surface area (Å²) in [5.41, 5.74) is 3.80. The van der Waals surface area contributed by atoms with Crippen LogP contribution in [0.15, 0.2) is 54.6 Å². The van der Waals surface area contributed by atoms with Gasteiger partial charge in [-0.2, -0.15) is 0 Å². The number of carboxylic acid groups (broad SMARTS) is 1. The molecule has 0 unspecified atom stereocenters. The van der Waals surface area contributed by atoms with Gasteiger partial charge in [0.1, 0.15) is 0 Å². The number of hydrogen-bond acceptors (Lipinski definition) is 2. The van der Waals surface area contributed by atoms with Crippen LogP contribution in [0, 0.1) is 0 Å². The Labute approximate surface area is 137 Å². The lowest BCUT2D eigenvalue weighted by Gasteiger charge is -2.33. The molecule has 0 atom stereocenters. The van der Waals surface area contributed by atoms with E-state index in [0.717, 1.165) is 26.1 Å². The maximum Gasteiger partial charge on any atom is 0.407 e. The summed E-state index contributed by atoms with van der Waals surface area (Å²) in [5, 5.41) is 8.96. The van der Waals surface area contributed by atoms with E-state index in [2.05, 4.69) is 53.4 Å². The monoisotopic (exact) mass is 310 g/mol. The first-order chi connectivity index (χ1) is 11.2. The van der Waals surface area contributed by atoms with E-state index < -0.39 is 6.09 Å². The third-order valence-corrected chi connectivity index (χ3v) is 4.42. The van der Waals surface area contributed by atoms with Crippen molar-refractivity contribution in [3.63, 3.8) is 0 Å². The van der Waals surface area contributed by atoms with Crippen LogP contribution >= 0.6 is 0 Å². The predicted octanol–water partition coefficient (Wildman–Crippen LogP) is 3.19. The van der Waals surface area contributed by atoms with Crippen molar-refractivity contribution in [3.8, 4) is 11.1 Å². The number of carbonyl (C=O) groups is 1. The van der Waals surface area contributed by atoms with E-state index in [1.165, 1.54) is 21.6 Å². The van der Waals surface area contributed by atoms with E-state index in [4.69, 9.17) is 5.11 Å². The first-order valence-corrected chi connectivity index (χ1v) is 8.07. The summed E-state index contributed by atoms with van der Waals surface area (Å²) in [5.74, 6) is 0. The third kappa shape index (κ3) is 4.11. The fraction of sp³-hybridized carbons (Fsp3) is 0.316. The summed E-state index contributed by atoms with van der Waals surface area (Å²) >= 11 is 0. The van der Waals surface area contributed by atoms with Gasteiger partial charge in [0.2, 0.25) is 0 Å². The molecule has 120 valence electrons. The molecule has 4 nitrogen and oxygen atoms in total. The molecule has 0 aliphatic carbocycles. The highest BCUT2D eigenvalue weighted by atomic mass is 16.4. The second-order valence-corrected chi connectivity index (χ2v) is 5.92. The molecule has 0 aromatic heterocycles. The Kier molecular flexibility index (Phi) is 4.93. The van der Waals surface area contributed by atoms with Gasteiger partial charge in [-0.05, 0) is 23.1 Å². The molecule has 1 aliphatic heterocycles. The molecular formula is C19H22N2O2. The molecule has 0 bridgehead atoms. The molecule has 1 N–H and O–H groups in total. The van der Waals surface area contributed by atoms with Gasteiger partial charge >= 0.3 is 6.09 Å². The van der Waals surface area contributed by atoms with E-state index in [-0.39, 0.29) is 0 Å². The van der Waals surface area contributed by atoms with Crippen LogP contribution in [-0.2, 0) is 6.42 Å². The van der Waals surface area contributed by atoms with Crippen LogP contribution in [0.5, 0.6) is 0 Å². The Balaban J connectivity index is 1.51. The van der Waals surface area contributed by atoms with Gasteiger partial charge in [-0.25, -0.2) is 4.79 Å². The average Bonchev–Trinajstić information content (AvgIpc) is 2.61. The molecule has 1 saturated heterocycles. The lowest BCUT2D eigenvalue weighted by molar-refractivity contribution is 0.106. The number of amides is 1. The Morgan fingerprint density at radius 1 is 0.870 bits per heavy atom. The molecule has 3 rings (SSSR count). The first kappa shape index (κ1) is 15.6. The van der Waals surface area contributed by atoms with Gasteiger partial charge in [0.25, 0.3) is 0 Å². The van der Waals surface area contributed by atoms with Crippen molar-refractivity contribution < 1.29 is 9.90 Å². The van der Waals surface area contributed by atoms with Gasteiger partial charge in [0.05, 0.1) is 0 Å². The van der Waals surface area contributed by atoms with Crippen molar-refractivity contribution in [3.05, 3.63) is 60.2 Å². The summed E-state index contributed by atoms with van der Waals surface area (Å²) in [6, 6.07) is 19.1. The second-order valence-electron chi connectivity index (χ2n) is 5.92. The number of rotatable bonds is 4. The first-order valence-electron chi connectivity index (χ1n) is 8.07. The lowest BCUT2D eigenvalue weighted by Crippen LogP contribution is -2.48. The quantitative estimate of drug-likeness (QED) is 0.943. The highest BCUT2D eigenvalue weighted by Gasteiger charge is 2.19. The molecule has 1 amide bonds.